The minimum atomic E-state index is -0.693. The lowest BCUT2D eigenvalue weighted by molar-refractivity contribution is 0.301. The maximum absolute atomic E-state index is 14.3. The molecule has 0 radical (unpaired) electrons. The van der Waals surface area contributed by atoms with Crippen molar-refractivity contribution in [3.8, 4) is 5.88 Å². The standard InChI is InChI=1S/C18H17BrF2N4O2/c1-27-16-3-2-11-17(15(22)8-23-18(11)24-16)25(4-5-26)9-12-13(20)6-10(19)7-14(12)21/h2-3,6-8,26H,4-5,9,22H2,1H3. The fourth-order valence-electron chi connectivity index (χ4n) is 2.83. The Hall–Kier alpha value is -2.52. The molecule has 3 N–H and O–H groups in total. The predicted octanol–water partition coefficient (Wildman–Crippen LogP) is 3.26. The summed E-state index contributed by atoms with van der Waals surface area (Å²) in [6, 6.07) is 5.75. The Labute approximate surface area is 162 Å². The number of aliphatic hydroxyl groups excluding tert-OH is 1. The van der Waals surface area contributed by atoms with Crippen LogP contribution in [0.1, 0.15) is 5.56 Å². The van der Waals surface area contributed by atoms with Crippen LogP contribution in [0.15, 0.2) is 34.9 Å². The van der Waals surface area contributed by atoms with Crippen LogP contribution in [0.4, 0.5) is 20.2 Å². The smallest absolute Gasteiger partial charge is 0.215 e. The Morgan fingerprint density at radius 3 is 2.59 bits per heavy atom. The lowest BCUT2D eigenvalue weighted by Crippen LogP contribution is -2.28. The molecule has 0 bridgehead atoms. The van der Waals surface area contributed by atoms with Crippen LogP contribution < -0.4 is 15.4 Å². The van der Waals surface area contributed by atoms with Gasteiger partial charge in [-0.25, -0.2) is 13.8 Å². The van der Waals surface area contributed by atoms with Crippen LogP contribution in [0.2, 0.25) is 0 Å². The molecule has 0 aliphatic carbocycles. The first-order valence-corrected chi connectivity index (χ1v) is 8.82. The van der Waals surface area contributed by atoms with E-state index < -0.39 is 11.6 Å². The Balaban J connectivity index is 2.11. The van der Waals surface area contributed by atoms with Crippen molar-refractivity contribution >= 4 is 38.3 Å². The third-order valence-electron chi connectivity index (χ3n) is 4.05. The molecule has 142 valence electrons. The summed E-state index contributed by atoms with van der Waals surface area (Å²) in [6.07, 6.45) is 1.42. The number of nitrogens with zero attached hydrogens (tertiary/aromatic N) is 3. The molecule has 0 spiro atoms. The van der Waals surface area contributed by atoms with Crippen molar-refractivity contribution in [2.75, 3.05) is 30.9 Å². The zero-order valence-electron chi connectivity index (χ0n) is 14.4. The Morgan fingerprint density at radius 2 is 1.96 bits per heavy atom. The summed E-state index contributed by atoms with van der Waals surface area (Å²) >= 11 is 3.06. The van der Waals surface area contributed by atoms with Crippen LogP contribution in [0.3, 0.4) is 0 Å². The molecule has 0 unspecified atom stereocenters. The summed E-state index contributed by atoms with van der Waals surface area (Å²) in [5.74, 6) is -1.01. The minimum Gasteiger partial charge on any atom is -0.481 e. The topological polar surface area (TPSA) is 84.5 Å². The number of rotatable bonds is 6. The Kier molecular flexibility index (Phi) is 5.71. The van der Waals surface area contributed by atoms with Gasteiger partial charge in [-0.05, 0) is 18.2 Å². The molecule has 0 saturated carbocycles. The van der Waals surface area contributed by atoms with Gasteiger partial charge in [-0.1, -0.05) is 15.9 Å². The van der Waals surface area contributed by atoms with E-state index in [4.69, 9.17) is 10.5 Å². The van der Waals surface area contributed by atoms with Crippen LogP contribution >= 0.6 is 15.9 Å². The third kappa shape index (κ3) is 3.93. The fourth-order valence-corrected chi connectivity index (χ4v) is 3.23. The van der Waals surface area contributed by atoms with Crippen molar-refractivity contribution < 1.29 is 18.6 Å². The van der Waals surface area contributed by atoms with Crippen LogP contribution in [0.5, 0.6) is 5.88 Å². The van der Waals surface area contributed by atoms with E-state index >= 15 is 0 Å². The van der Waals surface area contributed by atoms with Gasteiger partial charge in [0.2, 0.25) is 5.88 Å². The molecule has 3 aromatic rings. The first-order chi connectivity index (χ1) is 12.9. The molecule has 1 aromatic carbocycles. The average molecular weight is 439 g/mol. The number of anilines is 2. The zero-order valence-corrected chi connectivity index (χ0v) is 16.0. The van der Waals surface area contributed by atoms with Gasteiger partial charge in [0.1, 0.15) is 11.6 Å². The van der Waals surface area contributed by atoms with Gasteiger partial charge in [0.05, 0.1) is 31.3 Å². The van der Waals surface area contributed by atoms with Gasteiger partial charge in [0.25, 0.3) is 0 Å². The first-order valence-electron chi connectivity index (χ1n) is 8.03. The molecule has 0 aliphatic heterocycles. The molecular formula is C18H17BrF2N4O2. The van der Waals surface area contributed by atoms with E-state index in [-0.39, 0.29) is 25.3 Å². The van der Waals surface area contributed by atoms with Crippen molar-refractivity contribution in [3.05, 3.63) is 52.1 Å². The molecule has 9 heteroatoms. The highest BCUT2D eigenvalue weighted by molar-refractivity contribution is 9.10. The predicted molar refractivity (Wildman–Crippen MR) is 103 cm³/mol. The lowest BCUT2D eigenvalue weighted by Gasteiger charge is -2.27. The summed E-state index contributed by atoms with van der Waals surface area (Å²) in [7, 11) is 1.49. The second-order valence-corrected chi connectivity index (χ2v) is 6.70. The number of nitrogen functional groups attached to an aromatic ring is 1. The molecule has 2 heterocycles. The Morgan fingerprint density at radius 1 is 1.26 bits per heavy atom. The van der Waals surface area contributed by atoms with Gasteiger partial charge in [-0.3, -0.25) is 0 Å². The molecule has 3 rings (SSSR count). The van der Waals surface area contributed by atoms with E-state index in [0.29, 0.717) is 32.8 Å². The summed E-state index contributed by atoms with van der Waals surface area (Å²) in [4.78, 5) is 10.0. The van der Waals surface area contributed by atoms with Gasteiger partial charge in [-0.15, -0.1) is 0 Å². The van der Waals surface area contributed by atoms with Crippen LogP contribution in [-0.4, -0.2) is 35.3 Å². The van der Waals surface area contributed by atoms with Crippen LogP contribution in [0.25, 0.3) is 11.0 Å². The number of fused-ring (bicyclic) bond motifs is 1. The fraction of sp³-hybridized carbons (Fsp3) is 0.222. The maximum Gasteiger partial charge on any atom is 0.215 e. The lowest BCUT2D eigenvalue weighted by atomic mass is 10.1. The number of halogens is 3. The van der Waals surface area contributed by atoms with Crippen molar-refractivity contribution in [1.29, 1.82) is 0 Å². The van der Waals surface area contributed by atoms with Crippen molar-refractivity contribution in [3.63, 3.8) is 0 Å². The molecule has 0 aliphatic rings. The van der Waals surface area contributed by atoms with Gasteiger partial charge in [0.15, 0.2) is 5.65 Å². The van der Waals surface area contributed by atoms with Gasteiger partial charge in [-0.2, -0.15) is 4.98 Å². The van der Waals surface area contributed by atoms with Gasteiger partial charge < -0.3 is 20.5 Å². The summed E-state index contributed by atoms with van der Waals surface area (Å²) < 4.78 is 34.0. The molecule has 0 fully saturated rings. The number of ether oxygens (including phenoxy) is 1. The van der Waals surface area contributed by atoms with Crippen molar-refractivity contribution in [1.82, 2.24) is 9.97 Å². The first kappa shape index (κ1) is 19.2. The van der Waals surface area contributed by atoms with E-state index in [2.05, 4.69) is 25.9 Å². The monoisotopic (exact) mass is 438 g/mol. The van der Waals surface area contributed by atoms with Crippen LogP contribution in [0, 0.1) is 11.6 Å². The quantitative estimate of drug-likeness (QED) is 0.614. The minimum absolute atomic E-state index is 0.115. The van der Waals surface area contributed by atoms with E-state index in [0.717, 1.165) is 0 Å². The van der Waals surface area contributed by atoms with Crippen LogP contribution in [-0.2, 0) is 6.54 Å². The molecule has 27 heavy (non-hydrogen) atoms. The molecule has 0 saturated heterocycles. The average Bonchev–Trinajstić information content (AvgIpc) is 2.63. The SMILES string of the molecule is COc1ccc2c(N(CCO)Cc3c(F)cc(Br)cc3F)c(N)cnc2n1. The molecule has 0 amide bonds. The number of aromatic nitrogens is 2. The number of pyridine rings is 2. The van der Waals surface area contributed by atoms with Crippen molar-refractivity contribution in [2.24, 2.45) is 0 Å². The number of hydrogen-bond acceptors (Lipinski definition) is 6. The summed E-state index contributed by atoms with van der Waals surface area (Å²) in [5, 5.41) is 10.1. The molecule has 2 aromatic heterocycles. The number of benzene rings is 1. The molecule has 6 nitrogen and oxygen atoms in total. The highest BCUT2D eigenvalue weighted by Crippen LogP contribution is 2.33. The highest BCUT2D eigenvalue weighted by Gasteiger charge is 2.20. The van der Waals surface area contributed by atoms with E-state index in [1.54, 1.807) is 17.0 Å². The Bertz CT molecular complexity index is 964. The molecular weight excluding hydrogens is 422 g/mol. The number of methoxy groups -OCH3 is 1. The number of hydrogen-bond donors (Lipinski definition) is 2. The van der Waals surface area contributed by atoms with E-state index in [9.17, 15) is 13.9 Å². The summed E-state index contributed by atoms with van der Waals surface area (Å²) in [5.41, 5.74) is 7.15. The number of aliphatic hydroxyl groups is 1. The third-order valence-corrected chi connectivity index (χ3v) is 4.51. The van der Waals surface area contributed by atoms with E-state index in [1.807, 2.05) is 0 Å². The van der Waals surface area contributed by atoms with Gasteiger partial charge in [0, 0.05) is 34.6 Å². The second kappa shape index (κ2) is 8.01. The number of nitrogens with two attached hydrogens (primary N) is 1. The van der Waals surface area contributed by atoms with Gasteiger partial charge >= 0.3 is 0 Å². The zero-order chi connectivity index (χ0) is 19.6. The summed E-state index contributed by atoms with van der Waals surface area (Å²) in [6.45, 7) is -0.238. The van der Waals surface area contributed by atoms with Crippen molar-refractivity contribution in [2.45, 2.75) is 6.54 Å². The maximum atomic E-state index is 14.3. The normalized spacial score (nSPS) is 11.0. The second-order valence-electron chi connectivity index (χ2n) is 5.78. The largest absolute Gasteiger partial charge is 0.481 e. The van der Waals surface area contributed by atoms with E-state index in [1.165, 1.54) is 25.4 Å². The highest BCUT2D eigenvalue weighted by atomic mass is 79.9. The molecule has 0 atom stereocenters.